The Kier molecular flexibility index (Phi) is 5.78. The summed E-state index contributed by atoms with van der Waals surface area (Å²) in [5.74, 6) is -0.565. The Balaban J connectivity index is 1.81. The van der Waals surface area contributed by atoms with Gasteiger partial charge in [0.25, 0.3) is 5.91 Å². The minimum atomic E-state index is -0.565. The summed E-state index contributed by atoms with van der Waals surface area (Å²) in [4.78, 5) is 25.2. The Bertz CT molecular complexity index is 969. The van der Waals surface area contributed by atoms with Crippen LogP contribution in [-0.4, -0.2) is 11.9 Å². The van der Waals surface area contributed by atoms with Gasteiger partial charge in [-0.3, -0.25) is 10.1 Å². The number of urea groups is 1. The molecule has 0 saturated heterocycles. The van der Waals surface area contributed by atoms with Crippen LogP contribution in [0.4, 0.5) is 15.5 Å². The predicted molar refractivity (Wildman–Crippen MR) is 111 cm³/mol. The van der Waals surface area contributed by atoms with Crippen LogP contribution in [0.1, 0.15) is 26.4 Å². The molecule has 0 spiro atoms. The van der Waals surface area contributed by atoms with Gasteiger partial charge in [-0.15, -0.1) is 11.3 Å². The van der Waals surface area contributed by atoms with E-state index in [1.807, 2.05) is 37.3 Å². The average molecular weight is 400 g/mol. The smallest absolute Gasteiger partial charge is 0.324 e. The molecule has 0 aliphatic carbocycles. The predicted octanol–water partition coefficient (Wildman–Crippen LogP) is 5.04. The second-order valence-corrected chi connectivity index (χ2v) is 7.51. The molecule has 138 valence electrons. The van der Waals surface area contributed by atoms with Gasteiger partial charge in [0.15, 0.2) is 0 Å². The molecule has 27 heavy (non-hydrogen) atoms. The number of primary amides is 1. The van der Waals surface area contributed by atoms with Crippen molar-refractivity contribution in [1.29, 1.82) is 0 Å². The molecule has 0 saturated carbocycles. The summed E-state index contributed by atoms with van der Waals surface area (Å²) in [5, 5.41) is 6.47. The Morgan fingerprint density at radius 3 is 2.33 bits per heavy atom. The van der Waals surface area contributed by atoms with Gasteiger partial charge in [-0.1, -0.05) is 41.9 Å². The fourth-order valence-electron chi connectivity index (χ4n) is 2.69. The van der Waals surface area contributed by atoms with Gasteiger partial charge in [0, 0.05) is 22.0 Å². The largest absolute Gasteiger partial charge is 0.365 e. The third-order valence-electron chi connectivity index (χ3n) is 4.03. The van der Waals surface area contributed by atoms with Crippen molar-refractivity contribution >= 4 is 45.6 Å². The van der Waals surface area contributed by atoms with Crippen LogP contribution in [0.15, 0.2) is 54.6 Å². The third-order valence-corrected chi connectivity index (χ3v) is 5.49. The highest BCUT2D eigenvalue weighted by atomic mass is 35.5. The van der Waals surface area contributed by atoms with Crippen LogP contribution < -0.4 is 16.4 Å². The Morgan fingerprint density at radius 1 is 1.04 bits per heavy atom. The number of carbonyl (C=O) groups excluding carboxylic acids is 2. The zero-order valence-corrected chi connectivity index (χ0v) is 16.2. The van der Waals surface area contributed by atoms with Crippen molar-refractivity contribution < 1.29 is 9.59 Å². The SMILES string of the molecule is Cc1c(Cc2ccccc2)sc(NC(=O)Nc2ccc(Cl)cc2)c1C(N)=O. The highest BCUT2D eigenvalue weighted by Gasteiger charge is 2.21. The molecule has 0 unspecified atom stereocenters. The average Bonchev–Trinajstić information content (AvgIpc) is 2.93. The molecule has 0 bridgehead atoms. The van der Waals surface area contributed by atoms with Gasteiger partial charge >= 0.3 is 6.03 Å². The highest BCUT2D eigenvalue weighted by Crippen LogP contribution is 2.34. The van der Waals surface area contributed by atoms with Crippen molar-refractivity contribution in [3.63, 3.8) is 0 Å². The van der Waals surface area contributed by atoms with E-state index in [4.69, 9.17) is 17.3 Å². The van der Waals surface area contributed by atoms with E-state index in [0.29, 0.717) is 27.7 Å². The standard InChI is InChI=1S/C20H18ClN3O2S/c1-12-16(11-13-5-3-2-4-6-13)27-19(17(12)18(22)25)24-20(26)23-15-9-7-14(21)8-10-15/h2-10H,11H2,1H3,(H2,22,25)(H2,23,24,26). The van der Waals surface area contributed by atoms with E-state index in [0.717, 1.165) is 16.0 Å². The highest BCUT2D eigenvalue weighted by molar-refractivity contribution is 7.17. The lowest BCUT2D eigenvalue weighted by Gasteiger charge is -2.07. The maximum Gasteiger partial charge on any atom is 0.324 e. The van der Waals surface area contributed by atoms with Crippen molar-refractivity contribution in [2.75, 3.05) is 10.6 Å². The van der Waals surface area contributed by atoms with Gasteiger partial charge in [0.2, 0.25) is 0 Å². The molecule has 7 heteroatoms. The fourth-order valence-corrected chi connectivity index (χ4v) is 4.06. The first-order valence-electron chi connectivity index (χ1n) is 8.23. The maximum absolute atomic E-state index is 12.3. The number of nitrogens with one attached hydrogen (secondary N) is 2. The lowest BCUT2D eigenvalue weighted by Crippen LogP contribution is -2.21. The first-order valence-corrected chi connectivity index (χ1v) is 9.43. The number of benzene rings is 2. The van der Waals surface area contributed by atoms with Gasteiger partial charge < -0.3 is 11.1 Å². The molecule has 1 aromatic heterocycles. The molecule has 3 rings (SSSR count). The number of anilines is 2. The van der Waals surface area contributed by atoms with E-state index >= 15 is 0 Å². The van der Waals surface area contributed by atoms with Crippen molar-refractivity contribution in [2.24, 2.45) is 5.73 Å². The quantitative estimate of drug-likeness (QED) is 0.561. The second-order valence-electron chi connectivity index (χ2n) is 5.97. The molecule has 1 heterocycles. The summed E-state index contributed by atoms with van der Waals surface area (Å²) >= 11 is 7.20. The fraction of sp³-hybridized carbons (Fsp3) is 0.100. The minimum absolute atomic E-state index is 0.345. The number of rotatable bonds is 5. The first kappa shape index (κ1) is 18.9. The maximum atomic E-state index is 12.3. The molecule has 4 N–H and O–H groups in total. The van der Waals surface area contributed by atoms with Gasteiger partial charge in [0.1, 0.15) is 5.00 Å². The molecular weight excluding hydrogens is 382 g/mol. The molecule has 0 fully saturated rings. The van der Waals surface area contributed by atoms with E-state index in [-0.39, 0.29) is 0 Å². The van der Waals surface area contributed by atoms with Crippen LogP contribution in [0.3, 0.4) is 0 Å². The van der Waals surface area contributed by atoms with E-state index in [9.17, 15) is 9.59 Å². The summed E-state index contributed by atoms with van der Waals surface area (Å²) in [5.41, 5.74) is 8.40. The topological polar surface area (TPSA) is 84.2 Å². The second kappa shape index (κ2) is 8.24. The number of halogens is 1. The van der Waals surface area contributed by atoms with Crippen LogP contribution in [0.5, 0.6) is 0 Å². The van der Waals surface area contributed by atoms with Gasteiger partial charge in [-0.05, 0) is 42.3 Å². The lowest BCUT2D eigenvalue weighted by atomic mass is 10.1. The minimum Gasteiger partial charge on any atom is -0.365 e. The summed E-state index contributed by atoms with van der Waals surface area (Å²) in [6, 6.07) is 16.2. The van der Waals surface area contributed by atoms with E-state index in [2.05, 4.69) is 10.6 Å². The molecule has 0 atom stereocenters. The van der Waals surface area contributed by atoms with Crippen LogP contribution in [0.25, 0.3) is 0 Å². The van der Waals surface area contributed by atoms with Crippen molar-refractivity contribution in [2.45, 2.75) is 13.3 Å². The number of nitrogens with two attached hydrogens (primary N) is 1. The Morgan fingerprint density at radius 2 is 1.70 bits per heavy atom. The van der Waals surface area contributed by atoms with Gasteiger partial charge in [-0.2, -0.15) is 0 Å². The number of amides is 3. The molecule has 5 nitrogen and oxygen atoms in total. The summed E-state index contributed by atoms with van der Waals surface area (Å²) in [6.45, 7) is 1.84. The zero-order valence-electron chi connectivity index (χ0n) is 14.6. The van der Waals surface area contributed by atoms with Crippen LogP contribution in [0.2, 0.25) is 5.02 Å². The number of thiophene rings is 1. The monoisotopic (exact) mass is 399 g/mol. The Hall–Kier alpha value is -2.83. The van der Waals surface area contributed by atoms with Crippen LogP contribution in [-0.2, 0) is 6.42 Å². The Labute approximate surface area is 166 Å². The third kappa shape index (κ3) is 4.67. The van der Waals surface area contributed by atoms with Crippen molar-refractivity contribution in [3.8, 4) is 0 Å². The molecule has 0 aliphatic heterocycles. The van der Waals surface area contributed by atoms with Gasteiger partial charge in [0.05, 0.1) is 5.56 Å². The van der Waals surface area contributed by atoms with E-state index < -0.39 is 11.9 Å². The van der Waals surface area contributed by atoms with E-state index in [1.165, 1.54) is 11.3 Å². The van der Waals surface area contributed by atoms with E-state index in [1.54, 1.807) is 24.3 Å². The molecular formula is C20H18ClN3O2S. The summed E-state index contributed by atoms with van der Waals surface area (Å²) < 4.78 is 0. The molecule has 2 aromatic carbocycles. The van der Waals surface area contributed by atoms with Crippen molar-refractivity contribution in [1.82, 2.24) is 0 Å². The van der Waals surface area contributed by atoms with Crippen LogP contribution in [0, 0.1) is 6.92 Å². The molecule has 0 radical (unpaired) electrons. The van der Waals surface area contributed by atoms with Crippen LogP contribution >= 0.6 is 22.9 Å². The molecule has 3 aromatic rings. The number of hydrogen-bond donors (Lipinski definition) is 3. The van der Waals surface area contributed by atoms with Gasteiger partial charge in [-0.25, -0.2) is 4.79 Å². The first-order chi connectivity index (χ1) is 12.9. The normalized spacial score (nSPS) is 10.4. The summed E-state index contributed by atoms with van der Waals surface area (Å²) in [6.07, 6.45) is 0.665. The zero-order chi connectivity index (χ0) is 19.4. The number of hydrogen-bond acceptors (Lipinski definition) is 3. The summed E-state index contributed by atoms with van der Waals surface area (Å²) in [7, 11) is 0. The van der Waals surface area contributed by atoms with Crippen molar-refractivity contribution in [3.05, 3.63) is 81.2 Å². The molecule has 0 aliphatic rings. The number of carbonyl (C=O) groups is 2. The molecule has 3 amide bonds. The lowest BCUT2D eigenvalue weighted by molar-refractivity contribution is 0.100.